The van der Waals surface area contributed by atoms with Crippen molar-refractivity contribution in [3.05, 3.63) is 29.8 Å². The van der Waals surface area contributed by atoms with Gasteiger partial charge in [0.05, 0.1) is 13.5 Å². The number of methoxy groups -OCH3 is 1. The quantitative estimate of drug-likeness (QED) is 0.764. The molecule has 0 aromatic heterocycles. The van der Waals surface area contributed by atoms with Gasteiger partial charge in [0.1, 0.15) is 16.5 Å². The highest BCUT2D eigenvalue weighted by molar-refractivity contribution is 7.89. The molecule has 0 unspecified atom stereocenters. The summed E-state index contributed by atoms with van der Waals surface area (Å²) < 4.78 is 55.3. The number of carbonyl (C=O) groups excluding carboxylic acids is 1. The van der Waals surface area contributed by atoms with E-state index in [0.717, 1.165) is 16.4 Å². The summed E-state index contributed by atoms with van der Waals surface area (Å²) in [6.45, 7) is -0.161. The van der Waals surface area contributed by atoms with Gasteiger partial charge in [-0.15, -0.1) is 0 Å². The topological polar surface area (TPSA) is 63.7 Å². The standard InChI is InChI=1S/C11H13F2NO4S/c1-14(6-5-11(15)18-2)19(16,17)10-4-3-8(12)7-9(10)13/h3-4,7H,5-6H2,1-2H3. The van der Waals surface area contributed by atoms with Crippen LogP contribution in [0.2, 0.25) is 0 Å². The summed E-state index contributed by atoms with van der Waals surface area (Å²) in [6.07, 6.45) is -0.158. The Morgan fingerprint density at radius 1 is 1.37 bits per heavy atom. The molecule has 0 amide bonds. The lowest BCUT2D eigenvalue weighted by atomic mass is 10.3. The third-order valence-corrected chi connectivity index (χ3v) is 4.33. The first-order valence-electron chi connectivity index (χ1n) is 5.27. The zero-order valence-corrected chi connectivity index (χ0v) is 11.2. The van der Waals surface area contributed by atoms with E-state index in [1.165, 1.54) is 14.2 Å². The number of rotatable bonds is 5. The number of sulfonamides is 1. The molecule has 0 atom stereocenters. The Morgan fingerprint density at radius 3 is 2.53 bits per heavy atom. The van der Waals surface area contributed by atoms with Gasteiger partial charge in [0.15, 0.2) is 0 Å². The van der Waals surface area contributed by atoms with Gasteiger partial charge in [-0.3, -0.25) is 4.79 Å². The van der Waals surface area contributed by atoms with Crippen LogP contribution in [0.5, 0.6) is 0 Å². The molecule has 106 valence electrons. The Balaban J connectivity index is 2.94. The number of benzene rings is 1. The SMILES string of the molecule is COC(=O)CCN(C)S(=O)(=O)c1ccc(F)cc1F. The zero-order valence-electron chi connectivity index (χ0n) is 10.4. The van der Waals surface area contributed by atoms with Crippen molar-refractivity contribution in [1.82, 2.24) is 4.31 Å². The molecule has 0 saturated heterocycles. The largest absolute Gasteiger partial charge is 0.469 e. The minimum absolute atomic E-state index is 0.158. The lowest BCUT2D eigenvalue weighted by Crippen LogP contribution is -2.30. The molecule has 0 saturated carbocycles. The van der Waals surface area contributed by atoms with Gasteiger partial charge in [-0.1, -0.05) is 0 Å². The van der Waals surface area contributed by atoms with E-state index in [2.05, 4.69) is 4.74 Å². The maximum Gasteiger partial charge on any atom is 0.306 e. The molecule has 0 bridgehead atoms. The Kier molecular flexibility index (Phi) is 4.96. The van der Waals surface area contributed by atoms with Gasteiger partial charge < -0.3 is 4.74 Å². The molecule has 0 aliphatic heterocycles. The van der Waals surface area contributed by atoms with Crippen LogP contribution >= 0.6 is 0 Å². The van der Waals surface area contributed by atoms with E-state index in [-0.39, 0.29) is 13.0 Å². The molecule has 0 spiro atoms. The van der Waals surface area contributed by atoms with E-state index < -0.39 is 32.5 Å². The van der Waals surface area contributed by atoms with Crippen LogP contribution in [0.4, 0.5) is 8.78 Å². The third kappa shape index (κ3) is 3.71. The molecule has 0 heterocycles. The van der Waals surface area contributed by atoms with Crippen molar-refractivity contribution in [2.75, 3.05) is 20.7 Å². The van der Waals surface area contributed by atoms with Crippen LogP contribution in [0.3, 0.4) is 0 Å². The summed E-state index contributed by atoms with van der Waals surface area (Å²) in [4.78, 5) is 10.3. The van der Waals surface area contributed by atoms with Crippen LogP contribution < -0.4 is 0 Å². The van der Waals surface area contributed by atoms with Crippen molar-refractivity contribution < 1.29 is 26.7 Å². The number of hydrogen-bond donors (Lipinski definition) is 0. The van der Waals surface area contributed by atoms with Crippen molar-refractivity contribution >= 4 is 16.0 Å². The predicted molar refractivity (Wildman–Crippen MR) is 62.8 cm³/mol. The van der Waals surface area contributed by atoms with Crippen molar-refractivity contribution in [2.45, 2.75) is 11.3 Å². The average molecular weight is 293 g/mol. The van der Waals surface area contributed by atoms with Gasteiger partial charge in [0.2, 0.25) is 10.0 Å². The van der Waals surface area contributed by atoms with Crippen molar-refractivity contribution in [1.29, 1.82) is 0 Å². The summed E-state index contributed by atoms with van der Waals surface area (Å²) in [5.41, 5.74) is 0. The maximum atomic E-state index is 13.4. The lowest BCUT2D eigenvalue weighted by molar-refractivity contribution is -0.140. The molecule has 0 aliphatic carbocycles. The van der Waals surface area contributed by atoms with E-state index in [1.54, 1.807) is 0 Å². The maximum absolute atomic E-state index is 13.4. The van der Waals surface area contributed by atoms with Gasteiger partial charge >= 0.3 is 5.97 Å². The number of carbonyl (C=O) groups is 1. The molecule has 8 heteroatoms. The van der Waals surface area contributed by atoms with E-state index in [0.29, 0.717) is 6.07 Å². The summed E-state index contributed by atoms with van der Waals surface area (Å²) in [5.74, 6) is -2.62. The number of halogens is 2. The first-order chi connectivity index (χ1) is 8.78. The molecule has 0 N–H and O–H groups in total. The van der Waals surface area contributed by atoms with Crippen LogP contribution in [0, 0.1) is 11.6 Å². The fourth-order valence-corrected chi connectivity index (χ4v) is 2.54. The fourth-order valence-electron chi connectivity index (χ4n) is 1.32. The van der Waals surface area contributed by atoms with Gasteiger partial charge in [-0.25, -0.2) is 21.5 Å². The van der Waals surface area contributed by atoms with Crippen molar-refractivity contribution in [3.8, 4) is 0 Å². The minimum Gasteiger partial charge on any atom is -0.469 e. The Hall–Kier alpha value is -1.54. The first-order valence-corrected chi connectivity index (χ1v) is 6.71. The highest BCUT2D eigenvalue weighted by Crippen LogP contribution is 2.19. The molecule has 1 aromatic rings. The monoisotopic (exact) mass is 293 g/mol. The first kappa shape index (κ1) is 15.5. The molecular formula is C11H13F2NO4S. The molecule has 0 radical (unpaired) electrons. The summed E-state index contributed by atoms with van der Waals surface area (Å²) in [7, 11) is -1.73. The summed E-state index contributed by atoms with van der Waals surface area (Å²) in [5, 5.41) is 0. The molecule has 0 aliphatic rings. The van der Waals surface area contributed by atoms with Gasteiger partial charge in [0.25, 0.3) is 0 Å². The van der Waals surface area contributed by atoms with Crippen LogP contribution in [0.25, 0.3) is 0 Å². The minimum atomic E-state index is -4.11. The third-order valence-electron chi connectivity index (χ3n) is 2.44. The van der Waals surface area contributed by atoms with Crippen LogP contribution in [-0.2, 0) is 19.6 Å². The molecule has 1 rings (SSSR count). The zero-order chi connectivity index (χ0) is 14.6. The van der Waals surface area contributed by atoms with Gasteiger partial charge in [-0.05, 0) is 12.1 Å². The number of esters is 1. The number of ether oxygens (including phenoxy) is 1. The van der Waals surface area contributed by atoms with Crippen molar-refractivity contribution in [2.24, 2.45) is 0 Å². The van der Waals surface area contributed by atoms with Crippen LogP contribution in [0.15, 0.2) is 23.1 Å². The van der Waals surface area contributed by atoms with E-state index in [1.807, 2.05) is 0 Å². The Labute approximate surface area is 109 Å². The predicted octanol–water partition coefficient (Wildman–Crippen LogP) is 1.15. The highest BCUT2D eigenvalue weighted by atomic mass is 32.2. The van der Waals surface area contributed by atoms with E-state index in [9.17, 15) is 22.0 Å². The van der Waals surface area contributed by atoms with E-state index >= 15 is 0 Å². The summed E-state index contributed by atoms with van der Waals surface area (Å²) in [6, 6.07) is 2.18. The number of nitrogens with zero attached hydrogens (tertiary/aromatic N) is 1. The van der Waals surface area contributed by atoms with Gasteiger partial charge in [-0.2, -0.15) is 0 Å². The fraction of sp³-hybridized carbons (Fsp3) is 0.364. The molecule has 5 nitrogen and oxygen atoms in total. The molecule has 0 fully saturated rings. The molecule has 1 aromatic carbocycles. The second-order valence-corrected chi connectivity index (χ2v) is 5.74. The van der Waals surface area contributed by atoms with E-state index in [4.69, 9.17) is 0 Å². The normalized spacial score (nSPS) is 11.6. The van der Waals surface area contributed by atoms with Gasteiger partial charge in [0, 0.05) is 19.7 Å². The second-order valence-electron chi connectivity index (χ2n) is 3.73. The smallest absolute Gasteiger partial charge is 0.306 e. The lowest BCUT2D eigenvalue weighted by Gasteiger charge is -2.16. The second kappa shape index (κ2) is 6.07. The molecule has 19 heavy (non-hydrogen) atoms. The highest BCUT2D eigenvalue weighted by Gasteiger charge is 2.25. The Bertz CT molecular complexity index is 574. The summed E-state index contributed by atoms with van der Waals surface area (Å²) >= 11 is 0. The average Bonchev–Trinajstić information content (AvgIpc) is 2.34. The molecular weight excluding hydrogens is 280 g/mol. The van der Waals surface area contributed by atoms with Crippen molar-refractivity contribution in [3.63, 3.8) is 0 Å². The van der Waals surface area contributed by atoms with Crippen LogP contribution in [0.1, 0.15) is 6.42 Å². The number of hydrogen-bond acceptors (Lipinski definition) is 4. The Morgan fingerprint density at radius 2 is 2.00 bits per heavy atom. The van der Waals surface area contributed by atoms with Crippen LogP contribution in [-0.4, -0.2) is 39.4 Å².